The molecule has 66 heavy (non-hydrogen) atoms. The Morgan fingerprint density at radius 2 is 1.38 bits per heavy atom. The standard InChI is InChI=1S/C41H36N3O.C18H24GeN.Ir/c1-23(2)33-22-27-13-8-9-14-28(27)36(25(5)6)38(33)44-37-29-15-10-7-12-26(29)18-20-35(37)42-40(44)32-17-11-16-30-31-19-21-34(24(3)4)43-41(31)45-39(30)32;1-14(2)11-16-12-18(15-9-7-6-8-10-15)20-13-17(16)19(3,4)5;/h7-16,18-25H,1-6H3;6-9,12-14H,11H2,1-5H3;/q2*-1;. The van der Waals surface area contributed by atoms with Gasteiger partial charge in [0.05, 0.1) is 22.4 Å². The fourth-order valence-corrected chi connectivity index (χ4v) is 12.8. The van der Waals surface area contributed by atoms with E-state index in [0.717, 1.165) is 62.1 Å². The molecule has 4 aromatic heterocycles. The molecule has 5 nitrogen and oxygen atoms in total. The average molecular weight is 1110 g/mol. The van der Waals surface area contributed by atoms with Crippen LogP contribution in [0.4, 0.5) is 0 Å². The molecule has 7 heteroatoms. The van der Waals surface area contributed by atoms with Gasteiger partial charge in [0, 0.05) is 42.3 Å². The van der Waals surface area contributed by atoms with Crippen LogP contribution in [0.15, 0.2) is 132 Å². The number of hydrogen-bond acceptors (Lipinski definition) is 4. The molecule has 0 spiro atoms. The maximum atomic E-state index is 6.63. The summed E-state index contributed by atoms with van der Waals surface area (Å²) in [4.78, 5) is 15.0. The molecule has 0 aliphatic carbocycles. The van der Waals surface area contributed by atoms with Gasteiger partial charge in [-0.1, -0.05) is 107 Å². The van der Waals surface area contributed by atoms with Gasteiger partial charge in [-0.3, -0.25) is 4.98 Å². The van der Waals surface area contributed by atoms with Crippen molar-refractivity contribution < 1.29 is 24.5 Å². The van der Waals surface area contributed by atoms with E-state index in [0.29, 0.717) is 17.5 Å². The van der Waals surface area contributed by atoms with Crippen molar-refractivity contribution >= 4 is 72.3 Å². The summed E-state index contributed by atoms with van der Waals surface area (Å²) in [6.45, 7) is 18.1. The van der Waals surface area contributed by atoms with Gasteiger partial charge >= 0.3 is 126 Å². The molecular formula is C59H60GeIrN4O-2. The van der Waals surface area contributed by atoms with Gasteiger partial charge < -0.3 is 8.98 Å². The number of rotatable bonds is 9. The predicted octanol–water partition coefficient (Wildman–Crippen LogP) is 15.8. The summed E-state index contributed by atoms with van der Waals surface area (Å²) >= 11 is -1.86. The Hall–Kier alpha value is -5.40. The fourth-order valence-electron chi connectivity index (χ4n) is 9.49. The quantitative estimate of drug-likeness (QED) is 0.107. The first-order valence-electron chi connectivity index (χ1n) is 23.4. The molecule has 0 aliphatic rings. The van der Waals surface area contributed by atoms with Crippen LogP contribution >= 0.6 is 0 Å². The van der Waals surface area contributed by atoms with Gasteiger partial charge in [-0.25, -0.2) is 4.98 Å². The molecule has 6 aromatic carbocycles. The SMILES string of the molecule is CC(C)Cc1cc(-c2[c-]cccc2)nc[c]1[Ge]([CH3])([CH3])[CH3].CC(C)c1ccc2c(n1)oc1c(-c3nc4ccc5ccccc5c4n3-c3c(C(C)C)cc4ccccc4c3C(C)C)[c-]ccc12.[Ir]. The van der Waals surface area contributed by atoms with Crippen molar-refractivity contribution in [3.8, 4) is 28.3 Å². The number of nitrogens with zero attached hydrogens (tertiary/aromatic N) is 4. The molecule has 0 atom stereocenters. The minimum absolute atomic E-state index is 0. The first kappa shape index (κ1) is 47.1. The molecule has 1 radical (unpaired) electrons. The number of pyridine rings is 2. The number of fused-ring (bicyclic) bond motifs is 7. The van der Waals surface area contributed by atoms with Gasteiger partial charge in [0.25, 0.3) is 0 Å². The van der Waals surface area contributed by atoms with Crippen LogP contribution in [0.1, 0.15) is 95.5 Å². The Bertz CT molecular complexity index is 3360. The summed E-state index contributed by atoms with van der Waals surface area (Å²) in [5.74, 6) is 9.69. The minimum Gasteiger partial charge on any atom is -0.486 e. The Morgan fingerprint density at radius 3 is 2.06 bits per heavy atom. The molecule has 0 bridgehead atoms. The molecular weight excluding hydrogens is 1050 g/mol. The molecule has 10 rings (SSSR count). The maximum Gasteiger partial charge on any atom is 0.216 e. The molecule has 10 aromatic rings. The van der Waals surface area contributed by atoms with Crippen molar-refractivity contribution in [3.05, 3.63) is 162 Å². The van der Waals surface area contributed by atoms with Crippen molar-refractivity contribution in [3.63, 3.8) is 0 Å². The summed E-state index contributed by atoms with van der Waals surface area (Å²) in [5, 5.41) is 6.93. The third-order valence-electron chi connectivity index (χ3n) is 12.6. The normalized spacial score (nSPS) is 12.0. The zero-order chi connectivity index (χ0) is 45.7. The van der Waals surface area contributed by atoms with E-state index in [2.05, 4.69) is 193 Å². The number of furan rings is 1. The third-order valence-corrected chi connectivity index (χ3v) is 16.9. The topological polar surface area (TPSA) is 56.7 Å². The van der Waals surface area contributed by atoms with Crippen LogP contribution in [0.3, 0.4) is 0 Å². The van der Waals surface area contributed by atoms with E-state index < -0.39 is 13.3 Å². The van der Waals surface area contributed by atoms with Gasteiger partial charge in [0.1, 0.15) is 0 Å². The van der Waals surface area contributed by atoms with Crippen molar-refractivity contribution in [1.82, 2.24) is 19.5 Å². The summed E-state index contributed by atoms with van der Waals surface area (Å²) in [5.41, 5.74) is 12.8. The number of aromatic nitrogens is 4. The van der Waals surface area contributed by atoms with Crippen molar-refractivity contribution in [1.29, 1.82) is 0 Å². The van der Waals surface area contributed by atoms with Gasteiger partial charge in [-0.2, -0.15) is 0 Å². The molecule has 0 saturated heterocycles. The van der Waals surface area contributed by atoms with E-state index in [1.54, 1.807) is 4.40 Å². The van der Waals surface area contributed by atoms with E-state index in [9.17, 15) is 0 Å². The average Bonchev–Trinajstić information content (AvgIpc) is 3.87. The largest absolute Gasteiger partial charge is 0.486 e. The maximum absolute atomic E-state index is 6.63. The first-order chi connectivity index (χ1) is 31.2. The minimum atomic E-state index is -1.86. The molecule has 0 N–H and O–H groups in total. The van der Waals surface area contributed by atoms with Crippen LogP contribution in [-0.2, 0) is 26.5 Å². The second-order valence-corrected chi connectivity index (χ2v) is 30.5. The summed E-state index contributed by atoms with van der Waals surface area (Å²) in [6.07, 6.45) is 3.27. The van der Waals surface area contributed by atoms with E-state index >= 15 is 0 Å². The molecule has 0 amide bonds. The Labute approximate surface area is 406 Å². The Balaban J connectivity index is 0.000000238. The van der Waals surface area contributed by atoms with E-state index in [1.807, 2.05) is 24.3 Å². The first-order valence-corrected chi connectivity index (χ1v) is 30.7. The van der Waals surface area contributed by atoms with E-state index in [-0.39, 0.29) is 31.9 Å². The van der Waals surface area contributed by atoms with Gasteiger partial charge in [0.2, 0.25) is 5.71 Å². The van der Waals surface area contributed by atoms with Crippen LogP contribution < -0.4 is 4.40 Å². The third kappa shape index (κ3) is 8.92. The van der Waals surface area contributed by atoms with Crippen LogP contribution in [-0.4, -0.2) is 32.8 Å². The van der Waals surface area contributed by atoms with Crippen LogP contribution in [0.5, 0.6) is 0 Å². The fraction of sp³-hybridized carbons (Fsp3) is 0.271. The van der Waals surface area contributed by atoms with Crippen molar-refractivity contribution in [2.75, 3.05) is 0 Å². The summed E-state index contributed by atoms with van der Waals surface area (Å²) in [6, 6.07) is 49.7. The Kier molecular flexibility index (Phi) is 13.6. The second-order valence-electron chi connectivity index (χ2n) is 20.0. The summed E-state index contributed by atoms with van der Waals surface area (Å²) < 4.78 is 10.6. The van der Waals surface area contributed by atoms with Gasteiger partial charge in [-0.15, -0.1) is 18.2 Å². The zero-order valence-corrected chi connectivity index (χ0v) is 44.7. The van der Waals surface area contributed by atoms with E-state index in [4.69, 9.17) is 19.4 Å². The summed E-state index contributed by atoms with van der Waals surface area (Å²) in [7, 11) is 0. The molecule has 0 aliphatic heterocycles. The molecule has 337 valence electrons. The van der Waals surface area contributed by atoms with Crippen LogP contribution in [0, 0.1) is 18.1 Å². The Morgan fingerprint density at radius 1 is 0.652 bits per heavy atom. The molecule has 0 unspecified atom stereocenters. The number of hydrogen-bond donors (Lipinski definition) is 0. The second kappa shape index (κ2) is 19.1. The predicted molar refractivity (Wildman–Crippen MR) is 278 cm³/mol. The van der Waals surface area contributed by atoms with Crippen molar-refractivity contribution in [2.24, 2.45) is 5.92 Å². The van der Waals surface area contributed by atoms with Crippen LogP contribution in [0.25, 0.3) is 83.0 Å². The van der Waals surface area contributed by atoms with Crippen LogP contribution in [0.2, 0.25) is 17.3 Å². The van der Waals surface area contributed by atoms with Crippen molar-refractivity contribution in [2.45, 2.75) is 96.8 Å². The van der Waals surface area contributed by atoms with E-state index in [1.165, 1.54) is 43.9 Å². The van der Waals surface area contributed by atoms with Gasteiger partial charge in [-0.05, 0) is 69.3 Å². The zero-order valence-electron chi connectivity index (χ0n) is 40.2. The molecule has 0 saturated carbocycles. The smallest absolute Gasteiger partial charge is 0.216 e. The monoisotopic (exact) mass is 1110 g/mol. The number of imidazole rings is 1. The van der Waals surface area contributed by atoms with Gasteiger partial charge in [0.15, 0.2) is 0 Å². The number of benzene rings is 6. The molecule has 0 fully saturated rings. The molecule has 4 heterocycles.